The van der Waals surface area contributed by atoms with Crippen molar-refractivity contribution in [2.75, 3.05) is 13.1 Å². The second-order valence-electron chi connectivity index (χ2n) is 5.03. The zero-order valence-electron chi connectivity index (χ0n) is 11.2. The number of halogens is 2. The summed E-state index contributed by atoms with van der Waals surface area (Å²) in [6, 6.07) is 3.67. The van der Waals surface area contributed by atoms with Gasteiger partial charge in [0, 0.05) is 21.5 Å². The van der Waals surface area contributed by atoms with Crippen LogP contribution in [0.4, 0.5) is 0 Å². The molecule has 1 atom stereocenters. The van der Waals surface area contributed by atoms with Crippen LogP contribution in [-0.4, -0.2) is 27.5 Å². The van der Waals surface area contributed by atoms with Crippen molar-refractivity contribution in [3.05, 3.63) is 26.6 Å². The molecular formula is C13H18Br2N2O2S. The van der Waals surface area contributed by atoms with Gasteiger partial charge in [0.1, 0.15) is 0 Å². The third kappa shape index (κ3) is 4.04. The molecule has 1 unspecified atom stereocenters. The van der Waals surface area contributed by atoms with E-state index < -0.39 is 10.0 Å². The van der Waals surface area contributed by atoms with Crippen molar-refractivity contribution in [2.45, 2.75) is 37.1 Å². The third-order valence-electron chi connectivity index (χ3n) is 3.43. The molecule has 1 aliphatic heterocycles. The molecule has 0 radical (unpaired) electrons. The van der Waals surface area contributed by atoms with Crippen molar-refractivity contribution in [3.63, 3.8) is 0 Å². The molecule has 1 heterocycles. The Bertz CT molecular complexity index is 584. The first-order chi connectivity index (χ1) is 9.40. The molecule has 1 saturated heterocycles. The summed E-state index contributed by atoms with van der Waals surface area (Å²) in [5, 5.41) is 3.33. The van der Waals surface area contributed by atoms with Crippen LogP contribution in [0.5, 0.6) is 0 Å². The maximum atomic E-state index is 12.4. The van der Waals surface area contributed by atoms with Crippen LogP contribution < -0.4 is 10.0 Å². The monoisotopic (exact) mass is 424 g/mol. The Balaban J connectivity index is 2.11. The largest absolute Gasteiger partial charge is 0.313 e. The van der Waals surface area contributed by atoms with E-state index in [-0.39, 0.29) is 10.9 Å². The van der Waals surface area contributed by atoms with E-state index in [1.165, 1.54) is 6.42 Å². The van der Waals surface area contributed by atoms with Gasteiger partial charge in [0.2, 0.25) is 10.0 Å². The maximum absolute atomic E-state index is 12.4. The predicted molar refractivity (Wildman–Crippen MR) is 87.4 cm³/mol. The number of sulfonamides is 1. The molecule has 0 amide bonds. The first kappa shape index (κ1) is 16.4. The van der Waals surface area contributed by atoms with E-state index in [1.54, 1.807) is 12.1 Å². The van der Waals surface area contributed by atoms with E-state index >= 15 is 0 Å². The highest BCUT2D eigenvalue weighted by Crippen LogP contribution is 2.28. The van der Waals surface area contributed by atoms with Crippen LogP contribution in [0.15, 0.2) is 26.0 Å². The number of hydrogen-bond acceptors (Lipinski definition) is 3. The number of hydrogen-bond donors (Lipinski definition) is 2. The summed E-state index contributed by atoms with van der Waals surface area (Å²) in [6.45, 7) is 3.32. The molecule has 0 bridgehead atoms. The molecule has 1 aromatic rings. The van der Waals surface area contributed by atoms with Crippen LogP contribution in [0.3, 0.4) is 0 Å². The zero-order chi connectivity index (χ0) is 14.8. The standard InChI is InChI=1S/C13H18Br2N2O2S/c1-9-6-12(15)13(7-11(9)14)20(18,19)17-8-10-4-2-3-5-16-10/h6-7,10,16-17H,2-5,8H2,1H3. The molecule has 7 heteroatoms. The SMILES string of the molecule is Cc1cc(Br)c(S(=O)(=O)NCC2CCCCN2)cc1Br. The minimum Gasteiger partial charge on any atom is -0.313 e. The topological polar surface area (TPSA) is 58.2 Å². The van der Waals surface area contributed by atoms with Gasteiger partial charge in [0.05, 0.1) is 4.90 Å². The van der Waals surface area contributed by atoms with E-state index in [9.17, 15) is 8.42 Å². The van der Waals surface area contributed by atoms with E-state index in [2.05, 4.69) is 41.9 Å². The molecular weight excluding hydrogens is 408 g/mol. The van der Waals surface area contributed by atoms with E-state index in [4.69, 9.17) is 0 Å². The van der Waals surface area contributed by atoms with E-state index in [1.807, 2.05) is 6.92 Å². The van der Waals surface area contributed by atoms with Gasteiger partial charge in [-0.2, -0.15) is 0 Å². The molecule has 1 aromatic carbocycles. The molecule has 20 heavy (non-hydrogen) atoms. The predicted octanol–water partition coefficient (Wildman–Crippen LogP) is 2.94. The Labute approximate surface area is 137 Å². The van der Waals surface area contributed by atoms with Crippen LogP contribution in [0, 0.1) is 6.92 Å². The van der Waals surface area contributed by atoms with E-state index in [0.29, 0.717) is 11.0 Å². The van der Waals surface area contributed by atoms with Gasteiger partial charge in [-0.25, -0.2) is 13.1 Å². The third-order valence-corrected chi connectivity index (χ3v) is 6.67. The van der Waals surface area contributed by atoms with Crippen LogP contribution in [-0.2, 0) is 10.0 Å². The van der Waals surface area contributed by atoms with Crippen molar-refractivity contribution in [1.29, 1.82) is 0 Å². The summed E-state index contributed by atoms with van der Waals surface area (Å²) in [6.07, 6.45) is 3.33. The Morgan fingerprint density at radius 3 is 2.70 bits per heavy atom. The van der Waals surface area contributed by atoms with Gasteiger partial charge in [-0.15, -0.1) is 0 Å². The molecule has 1 aliphatic rings. The molecule has 0 spiro atoms. The van der Waals surface area contributed by atoms with Gasteiger partial charge in [0.15, 0.2) is 0 Å². The molecule has 2 rings (SSSR count). The molecule has 112 valence electrons. The van der Waals surface area contributed by atoms with Crippen LogP contribution in [0.1, 0.15) is 24.8 Å². The number of aryl methyl sites for hydroxylation is 1. The lowest BCUT2D eigenvalue weighted by Gasteiger charge is -2.23. The fourth-order valence-electron chi connectivity index (χ4n) is 2.22. The highest BCUT2D eigenvalue weighted by molar-refractivity contribution is 9.11. The van der Waals surface area contributed by atoms with Crippen molar-refractivity contribution in [2.24, 2.45) is 0 Å². The number of nitrogens with one attached hydrogen (secondary N) is 2. The van der Waals surface area contributed by atoms with Crippen LogP contribution in [0.25, 0.3) is 0 Å². The summed E-state index contributed by atoms with van der Waals surface area (Å²) < 4.78 is 28.8. The number of rotatable bonds is 4. The fourth-order valence-corrected chi connectivity index (χ4v) is 4.98. The minimum atomic E-state index is -3.50. The molecule has 0 aliphatic carbocycles. The molecule has 2 N–H and O–H groups in total. The van der Waals surface area contributed by atoms with Gasteiger partial charge in [-0.3, -0.25) is 0 Å². The Hall–Kier alpha value is 0.0500. The quantitative estimate of drug-likeness (QED) is 0.779. The molecule has 4 nitrogen and oxygen atoms in total. The van der Waals surface area contributed by atoms with Gasteiger partial charge in [-0.1, -0.05) is 22.4 Å². The normalized spacial score (nSPS) is 20.1. The zero-order valence-corrected chi connectivity index (χ0v) is 15.2. The highest BCUT2D eigenvalue weighted by Gasteiger charge is 2.21. The van der Waals surface area contributed by atoms with Gasteiger partial charge >= 0.3 is 0 Å². The van der Waals surface area contributed by atoms with E-state index in [0.717, 1.165) is 29.4 Å². The second kappa shape index (κ2) is 6.87. The molecule has 0 aromatic heterocycles. The van der Waals surface area contributed by atoms with Gasteiger partial charge in [0.25, 0.3) is 0 Å². The van der Waals surface area contributed by atoms with Gasteiger partial charge in [-0.05, 0) is 59.9 Å². The summed E-state index contributed by atoms with van der Waals surface area (Å²) in [7, 11) is -3.50. The first-order valence-electron chi connectivity index (χ1n) is 6.59. The Kier molecular flexibility index (Phi) is 5.64. The fraction of sp³-hybridized carbons (Fsp3) is 0.538. The number of piperidine rings is 1. The van der Waals surface area contributed by atoms with Crippen molar-refractivity contribution < 1.29 is 8.42 Å². The average Bonchev–Trinajstić information content (AvgIpc) is 2.42. The smallest absolute Gasteiger partial charge is 0.241 e. The lowest BCUT2D eigenvalue weighted by Crippen LogP contribution is -2.43. The minimum absolute atomic E-state index is 0.228. The van der Waals surface area contributed by atoms with Crippen molar-refractivity contribution >= 4 is 41.9 Å². The molecule has 0 saturated carbocycles. The second-order valence-corrected chi connectivity index (χ2v) is 8.47. The van der Waals surface area contributed by atoms with Crippen molar-refractivity contribution in [3.8, 4) is 0 Å². The first-order valence-corrected chi connectivity index (χ1v) is 9.66. The Morgan fingerprint density at radius 1 is 1.30 bits per heavy atom. The average molecular weight is 426 g/mol. The summed E-state index contributed by atoms with van der Waals surface area (Å²) >= 11 is 6.70. The summed E-state index contributed by atoms with van der Waals surface area (Å²) in [5.41, 5.74) is 0.991. The summed E-state index contributed by atoms with van der Waals surface area (Å²) in [4.78, 5) is 0.269. The van der Waals surface area contributed by atoms with Crippen LogP contribution >= 0.6 is 31.9 Å². The summed E-state index contributed by atoms with van der Waals surface area (Å²) in [5.74, 6) is 0. The lowest BCUT2D eigenvalue weighted by atomic mass is 10.1. The Morgan fingerprint density at radius 2 is 2.05 bits per heavy atom. The lowest BCUT2D eigenvalue weighted by molar-refractivity contribution is 0.398. The van der Waals surface area contributed by atoms with Crippen molar-refractivity contribution in [1.82, 2.24) is 10.0 Å². The van der Waals surface area contributed by atoms with Gasteiger partial charge < -0.3 is 5.32 Å². The number of benzene rings is 1. The highest BCUT2D eigenvalue weighted by atomic mass is 79.9. The molecule has 1 fully saturated rings. The maximum Gasteiger partial charge on any atom is 0.241 e. The van der Waals surface area contributed by atoms with Crippen LogP contribution in [0.2, 0.25) is 0 Å².